The van der Waals surface area contributed by atoms with Gasteiger partial charge in [-0.2, -0.15) is 0 Å². The Balaban J connectivity index is 1.43. The van der Waals surface area contributed by atoms with Crippen LogP contribution in [0.5, 0.6) is 0 Å². The number of para-hydroxylation sites is 1. The number of halogens is 1. The van der Waals surface area contributed by atoms with Crippen molar-refractivity contribution in [1.82, 2.24) is 24.9 Å². The molecule has 0 saturated carbocycles. The number of aromatic nitrogens is 4. The highest BCUT2D eigenvalue weighted by atomic mass is 32.1. The van der Waals surface area contributed by atoms with E-state index in [1.807, 2.05) is 24.4 Å². The van der Waals surface area contributed by atoms with Crippen molar-refractivity contribution in [1.29, 1.82) is 0 Å². The highest BCUT2D eigenvalue weighted by Crippen LogP contribution is 2.30. The van der Waals surface area contributed by atoms with Crippen LogP contribution in [0, 0.1) is 5.82 Å². The largest absolute Gasteiger partial charge is 0.345 e. The summed E-state index contributed by atoms with van der Waals surface area (Å²) in [5.41, 5.74) is 1.30. The maximum Gasteiger partial charge on any atom is 0.244 e. The zero-order valence-corrected chi connectivity index (χ0v) is 17.2. The van der Waals surface area contributed by atoms with Crippen molar-refractivity contribution < 1.29 is 14.0 Å². The van der Waals surface area contributed by atoms with Crippen molar-refractivity contribution in [3.63, 3.8) is 0 Å². The first-order valence-electron chi connectivity index (χ1n) is 9.28. The average molecular weight is 436 g/mol. The van der Waals surface area contributed by atoms with Gasteiger partial charge in [-0.15, -0.1) is 21.5 Å². The van der Waals surface area contributed by atoms with Crippen LogP contribution in [0.2, 0.25) is 0 Å². The summed E-state index contributed by atoms with van der Waals surface area (Å²) in [7, 11) is 0. The van der Waals surface area contributed by atoms with E-state index in [2.05, 4.69) is 20.5 Å². The third-order valence-corrected chi connectivity index (χ3v) is 5.16. The summed E-state index contributed by atoms with van der Waals surface area (Å²) in [6, 6.07) is 11.5. The third-order valence-electron chi connectivity index (χ3n) is 4.32. The number of fused-ring (bicyclic) bond motifs is 1. The van der Waals surface area contributed by atoms with Crippen molar-refractivity contribution in [3.05, 3.63) is 77.5 Å². The molecule has 156 valence electrons. The Bertz CT molecular complexity index is 1280. The topological polar surface area (TPSA) is 92.5 Å². The van der Waals surface area contributed by atoms with Gasteiger partial charge in [0.25, 0.3) is 0 Å². The number of hydrogen-bond acceptors (Lipinski definition) is 6. The van der Waals surface area contributed by atoms with Crippen molar-refractivity contribution in [2.75, 3.05) is 4.90 Å². The summed E-state index contributed by atoms with van der Waals surface area (Å²) in [5.74, 6) is -0.617. The van der Waals surface area contributed by atoms with Gasteiger partial charge >= 0.3 is 0 Å². The number of amides is 2. The maximum atomic E-state index is 14.1. The van der Waals surface area contributed by atoms with Crippen LogP contribution in [0.4, 0.5) is 15.2 Å². The summed E-state index contributed by atoms with van der Waals surface area (Å²) >= 11 is 1.18. The Hall–Kier alpha value is -3.92. The molecule has 4 rings (SSSR count). The fourth-order valence-corrected chi connectivity index (χ4v) is 3.74. The molecule has 0 fully saturated rings. The van der Waals surface area contributed by atoms with Crippen LogP contribution in [0.15, 0.2) is 60.1 Å². The molecule has 4 aromatic rings. The molecule has 0 spiro atoms. The van der Waals surface area contributed by atoms with E-state index in [0.29, 0.717) is 22.3 Å². The number of thiazole rings is 1. The van der Waals surface area contributed by atoms with E-state index in [0.717, 1.165) is 0 Å². The minimum absolute atomic E-state index is 0.123. The Kier molecular flexibility index (Phi) is 5.80. The lowest BCUT2D eigenvalue weighted by molar-refractivity contribution is -0.117. The highest BCUT2D eigenvalue weighted by molar-refractivity contribution is 7.14. The summed E-state index contributed by atoms with van der Waals surface area (Å²) in [6.07, 6.45) is 4.68. The summed E-state index contributed by atoms with van der Waals surface area (Å²) < 4.78 is 15.9. The van der Waals surface area contributed by atoms with E-state index in [1.54, 1.807) is 21.9 Å². The van der Waals surface area contributed by atoms with E-state index in [9.17, 15) is 14.0 Å². The van der Waals surface area contributed by atoms with Crippen LogP contribution in [0.1, 0.15) is 18.4 Å². The Morgan fingerprint density at radius 1 is 1.19 bits per heavy atom. The van der Waals surface area contributed by atoms with Gasteiger partial charge < -0.3 is 5.32 Å². The minimum Gasteiger partial charge on any atom is -0.345 e. The van der Waals surface area contributed by atoms with Gasteiger partial charge in [-0.3, -0.25) is 18.9 Å². The van der Waals surface area contributed by atoms with Crippen molar-refractivity contribution in [2.24, 2.45) is 0 Å². The lowest BCUT2D eigenvalue weighted by Gasteiger charge is -2.18. The zero-order valence-electron chi connectivity index (χ0n) is 16.4. The fourth-order valence-electron chi connectivity index (χ4n) is 2.89. The molecular weight excluding hydrogens is 419 g/mol. The third kappa shape index (κ3) is 4.48. The van der Waals surface area contributed by atoms with Gasteiger partial charge in [0.2, 0.25) is 11.8 Å². The first kappa shape index (κ1) is 20.4. The molecule has 0 aliphatic rings. The average Bonchev–Trinajstić information content (AvgIpc) is 3.39. The van der Waals surface area contributed by atoms with Gasteiger partial charge in [0, 0.05) is 24.6 Å². The van der Waals surface area contributed by atoms with Crippen LogP contribution < -0.4 is 10.2 Å². The Morgan fingerprint density at radius 3 is 2.81 bits per heavy atom. The van der Waals surface area contributed by atoms with Gasteiger partial charge in [0.15, 0.2) is 16.6 Å². The second kappa shape index (κ2) is 8.84. The van der Waals surface area contributed by atoms with Crippen LogP contribution in [-0.2, 0) is 16.1 Å². The first-order chi connectivity index (χ1) is 15.0. The molecule has 8 nitrogen and oxygen atoms in total. The molecule has 0 saturated heterocycles. The molecule has 3 heterocycles. The monoisotopic (exact) mass is 436 g/mol. The molecule has 10 heteroatoms. The number of carbonyl (C=O) groups excluding carboxylic acids is 2. The van der Waals surface area contributed by atoms with E-state index < -0.39 is 5.82 Å². The van der Waals surface area contributed by atoms with Crippen LogP contribution in [-0.4, -0.2) is 31.4 Å². The van der Waals surface area contributed by atoms with Gasteiger partial charge in [-0.1, -0.05) is 18.2 Å². The zero-order chi connectivity index (χ0) is 21.8. The number of nitrogens with one attached hydrogen (secondary N) is 1. The van der Waals surface area contributed by atoms with Crippen molar-refractivity contribution in [2.45, 2.75) is 13.5 Å². The predicted molar refractivity (Wildman–Crippen MR) is 115 cm³/mol. The van der Waals surface area contributed by atoms with Crippen molar-refractivity contribution in [3.8, 4) is 0 Å². The molecule has 3 aromatic heterocycles. The molecular formula is C21H17FN6O2S. The molecule has 0 unspecified atom stereocenters. The van der Waals surface area contributed by atoms with Gasteiger partial charge in [-0.05, 0) is 30.3 Å². The molecule has 2 amide bonds. The smallest absolute Gasteiger partial charge is 0.244 e. The molecule has 1 aromatic carbocycles. The Morgan fingerprint density at radius 2 is 2.00 bits per heavy atom. The van der Waals surface area contributed by atoms with Crippen molar-refractivity contribution >= 4 is 45.7 Å². The lowest BCUT2D eigenvalue weighted by atomic mass is 10.3. The number of nitrogens with zero attached hydrogens (tertiary/aromatic N) is 5. The summed E-state index contributed by atoms with van der Waals surface area (Å²) in [4.78, 5) is 29.8. The fraction of sp³-hybridized carbons (Fsp3) is 0.0952. The van der Waals surface area contributed by atoms with Crippen LogP contribution >= 0.6 is 11.3 Å². The molecule has 31 heavy (non-hydrogen) atoms. The number of anilines is 2. The molecule has 0 bridgehead atoms. The van der Waals surface area contributed by atoms with E-state index in [1.165, 1.54) is 47.4 Å². The summed E-state index contributed by atoms with van der Waals surface area (Å²) in [5, 5.41) is 12.8. The van der Waals surface area contributed by atoms with Crippen LogP contribution in [0.3, 0.4) is 0 Å². The number of hydrogen-bond donors (Lipinski definition) is 1. The SMILES string of the molecule is CC(=O)N(c1nc(C=CC(=O)NCc2nnc3ccccn23)cs1)c1ccccc1F. The maximum absolute atomic E-state index is 14.1. The Labute approximate surface area is 180 Å². The second-order valence-corrected chi connectivity index (χ2v) is 7.29. The first-order valence-corrected chi connectivity index (χ1v) is 10.2. The van der Waals surface area contributed by atoms with E-state index in [4.69, 9.17) is 0 Å². The lowest BCUT2D eigenvalue weighted by Crippen LogP contribution is -2.23. The predicted octanol–water partition coefficient (Wildman–Crippen LogP) is 3.34. The van der Waals surface area contributed by atoms with Gasteiger partial charge in [-0.25, -0.2) is 9.37 Å². The molecule has 0 radical (unpaired) electrons. The standard InChI is InChI=1S/C21H17FN6O2S/c1-14(29)28(17-7-3-2-6-16(17)22)21-24-15(13-31-21)9-10-20(30)23-12-19-26-25-18-8-4-5-11-27(18)19/h2-11,13H,12H2,1H3,(H,23,30). The van der Waals surface area contributed by atoms with Crippen LogP contribution in [0.25, 0.3) is 11.7 Å². The molecule has 0 aliphatic carbocycles. The molecule has 1 N–H and O–H groups in total. The quantitative estimate of drug-likeness (QED) is 0.468. The minimum atomic E-state index is -0.523. The van der Waals surface area contributed by atoms with E-state index >= 15 is 0 Å². The molecule has 0 atom stereocenters. The summed E-state index contributed by atoms with van der Waals surface area (Å²) in [6.45, 7) is 1.55. The highest BCUT2D eigenvalue weighted by Gasteiger charge is 2.20. The molecule has 0 aliphatic heterocycles. The normalized spacial score (nSPS) is 11.2. The number of rotatable bonds is 6. The van der Waals surface area contributed by atoms with E-state index in [-0.39, 0.29) is 24.0 Å². The number of benzene rings is 1. The van der Waals surface area contributed by atoms with Gasteiger partial charge in [0.05, 0.1) is 17.9 Å². The van der Waals surface area contributed by atoms with Gasteiger partial charge in [0.1, 0.15) is 5.82 Å². The second-order valence-electron chi connectivity index (χ2n) is 6.46. The number of carbonyl (C=O) groups is 2. The number of pyridine rings is 1.